The molecular formula is C16H27N3O. The van der Waals surface area contributed by atoms with E-state index in [1.165, 1.54) is 12.8 Å². The molecular weight excluding hydrogens is 250 g/mol. The Morgan fingerprint density at radius 3 is 2.75 bits per heavy atom. The van der Waals surface area contributed by atoms with Crippen molar-refractivity contribution in [2.75, 3.05) is 19.6 Å². The molecule has 20 heavy (non-hydrogen) atoms. The van der Waals surface area contributed by atoms with E-state index in [4.69, 9.17) is 0 Å². The molecule has 0 spiro atoms. The fourth-order valence-corrected chi connectivity index (χ4v) is 3.62. The van der Waals surface area contributed by atoms with Crippen LogP contribution in [0.5, 0.6) is 0 Å². The number of nitriles is 1. The van der Waals surface area contributed by atoms with E-state index < -0.39 is 5.41 Å². The monoisotopic (exact) mass is 277 g/mol. The Bertz CT molecular complexity index is 382. The van der Waals surface area contributed by atoms with Crippen LogP contribution in [0.2, 0.25) is 0 Å². The van der Waals surface area contributed by atoms with Crippen molar-refractivity contribution in [2.45, 2.75) is 58.4 Å². The summed E-state index contributed by atoms with van der Waals surface area (Å²) in [7, 11) is 0. The van der Waals surface area contributed by atoms with Crippen LogP contribution in [0.25, 0.3) is 0 Å². The average molecular weight is 277 g/mol. The topological polar surface area (TPSA) is 56.1 Å². The number of carbonyl (C=O) groups is 1. The van der Waals surface area contributed by atoms with Crippen LogP contribution in [0.15, 0.2) is 0 Å². The number of piperidine rings is 1. The van der Waals surface area contributed by atoms with Crippen LogP contribution in [-0.4, -0.2) is 36.5 Å². The third-order valence-corrected chi connectivity index (χ3v) is 4.76. The first kappa shape index (κ1) is 15.3. The lowest BCUT2D eigenvalue weighted by atomic mass is 9.87. The summed E-state index contributed by atoms with van der Waals surface area (Å²) in [5.74, 6) is 0.710. The zero-order chi connectivity index (χ0) is 14.6. The summed E-state index contributed by atoms with van der Waals surface area (Å²) in [6.07, 6.45) is 6.02. The zero-order valence-corrected chi connectivity index (χ0v) is 12.8. The molecule has 0 aromatic rings. The summed E-state index contributed by atoms with van der Waals surface area (Å²) in [6, 6.07) is 2.39. The van der Waals surface area contributed by atoms with Crippen molar-refractivity contribution in [2.24, 2.45) is 11.3 Å². The molecule has 0 aromatic carbocycles. The van der Waals surface area contributed by atoms with Gasteiger partial charge in [-0.05, 0) is 45.1 Å². The molecule has 2 atom stereocenters. The SMILES string of the molecule is CC1CCCN(CC(C)NC(=O)C2(C#N)CCCC2)C1. The highest BCUT2D eigenvalue weighted by Crippen LogP contribution is 2.37. The van der Waals surface area contributed by atoms with Gasteiger partial charge < -0.3 is 10.2 Å². The van der Waals surface area contributed by atoms with E-state index in [2.05, 4.69) is 30.1 Å². The van der Waals surface area contributed by atoms with Gasteiger partial charge in [0.1, 0.15) is 5.41 Å². The van der Waals surface area contributed by atoms with Crippen molar-refractivity contribution in [3.63, 3.8) is 0 Å². The summed E-state index contributed by atoms with van der Waals surface area (Å²) in [4.78, 5) is 14.8. The summed E-state index contributed by atoms with van der Waals surface area (Å²) in [5.41, 5.74) is -0.747. The molecule has 0 aromatic heterocycles. The number of likely N-dealkylation sites (tertiary alicyclic amines) is 1. The summed E-state index contributed by atoms with van der Waals surface area (Å²) in [6.45, 7) is 7.50. The molecule has 2 aliphatic rings. The van der Waals surface area contributed by atoms with Gasteiger partial charge in [0, 0.05) is 19.1 Å². The summed E-state index contributed by atoms with van der Waals surface area (Å²) in [5, 5.41) is 12.4. The van der Waals surface area contributed by atoms with Gasteiger partial charge in [0.2, 0.25) is 5.91 Å². The van der Waals surface area contributed by atoms with Gasteiger partial charge in [0.05, 0.1) is 6.07 Å². The first-order chi connectivity index (χ1) is 9.55. The molecule has 4 nitrogen and oxygen atoms in total. The standard InChI is InChI=1S/C16H27N3O/c1-13-6-5-9-19(10-13)11-14(2)18-15(20)16(12-17)7-3-4-8-16/h13-14H,3-11H2,1-2H3,(H,18,20). The molecule has 1 heterocycles. The van der Waals surface area contributed by atoms with Crippen LogP contribution in [0, 0.1) is 22.7 Å². The highest BCUT2D eigenvalue weighted by molar-refractivity contribution is 5.85. The Hall–Kier alpha value is -1.08. The van der Waals surface area contributed by atoms with Crippen LogP contribution in [0.1, 0.15) is 52.4 Å². The quantitative estimate of drug-likeness (QED) is 0.858. The largest absolute Gasteiger partial charge is 0.351 e. The second-order valence-electron chi connectivity index (χ2n) is 6.78. The minimum atomic E-state index is -0.747. The van der Waals surface area contributed by atoms with Crippen molar-refractivity contribution in [1.82, 2.24) is 10.2 Å². The molecule has 0 radical (unpaired) electrons. The van der Waals surface area contributed by atoms with Crippen LogP contribution < -0.4 is 5.32 Å². The number of nitrogens with zero attached hydrogens (tertiary/aromatic N) is 2. The first-order valence-electron chi connectivity index (χ1n) is 8.00. The van der Waals surface area contributed by atoms with Crippen molar-refractivity contribution in [3.05, 3.63) is 0 Å². The fraction of sp³-hybridized carbons (Fsp3) is 0.875. The number of hydrogen-bond donors (Lipinski definition) is 1. The molecule has 2 fully saturated rings. The van der Waals surface area contributed by atoms with Gasteiger partial charge >= 0.3 is 0 Å². The Morgan fingerprint density at radius 2 is 2.15 bits per heavy atom. The maximum Gasteiger partial charge on any atom is 0.240 e. The number of carbonyl (C=O) groups excluding carboxylic acids is 1. The second-order valence-corrected chi connectivity index (χ2v) is 6.78. The first-order valence-corrected chi connectivity index (χ1v) is 8.00. The molecule has 1 amide bonds. The van der Waals surface area contributed by atoms with Gasteiger partial charge in [-0.2, -0.15) is 5.26 Å². The Balaban J connectivity index is 1.83. The van der Waals surface area contributed by atoms with Gasteiger partial charge in [-0.3, -0.25) is 4.79 Å². The van der Waals surface area contributed by atoms with Crippen molar-refractivity contribution in [1.29, 1.82) is 5.26 Å². The van der Waals surface area contributed by atoms with E-state index in [0.29, 0.717) is 0 Å². The summed E-state index contributed by atoms with van der Waals surface area (Å²) < 4.78 is 0. The van der Waals surface area contributed by atoms with E-state index in [1.54, 1.807) is 0 Å². The third-order valence-electron chi connectivity index (χ3n) is 4.76. The lowest BCUT2D eigenvalue weighted by Crippen LogP contribution is -2.48. The maximum atomic E-state index is 12.4. The van der Waals surface area contributed by atoms with E-state index in [9.17, 15) is 10.1 Å². The van der Waals surface area contributed by atoms with Gasteiger partial charge in [0.15, 0.2) is 0 Å². The Kier molecular flexibility index (Phi) is 5.04. The van der Waals surface area contributed by atoms with Crippen LogP contribution >= 0.6 is 0 Å². The minimum absolute atomic E-state index is 0.0462. The minimum Gasteiger partial charge on any atom is -0.351 e. The van der Waals surface area contributed by atoms with Crippen LogP contribution in [-0.2, 0) is 4.79 Å². The molecule has 1 saturated carbocycles. The summed E-state index contributed by atoms with van der Waals surface area (Å²) >= 11 is 0. The number of amides is 1. The van der Waals surface area contributed by atoms with Crippen LogP contribution in [0.3, 0.4) is 0 Å². The van der Waals surface area contributed by atoms with E-state index in [-0.39, 0.29) is 11.9 Å². The normalized spacial score (nSPS) is 27.8. The molecule has 1 saturated heterocycles. The fourth-order valence-electron chi connectivity index (χ4n) is 3.62. The number of nitrogens with one attached hydrogen (secondary N) is 1. The van der Waals surface area contributed by atoms with Gasteiger partial charge in [0.25, 0.3) is 0 Å². The molecule has 4 heteroatoms. The second kappa shape index (κ2) is 6.58. The average Bonchev–Trinajstić information content (AvgIpc) is 2.88. The van der Waals surface area contributed by atoms with Gasteiger partial charge in [-0.25, -0.2) is 0 Å². The van der Waals surface area contributed by atoms with Gasteiger partial charge in [-0.15, -0.1) is 0 Å². The lowest BCUT2D eigenvalue weighted by Gasteiger charge is -2.33. The Morgan fingerprint density at radius 1 is 1.45 bits per heavy atom. The predicted octanol–water partition coefficient (Wildman–Crippen LogP) is 2.31. The molecule has 0 bridgehead atoms. The number of rotatable bonds is 4. The third kappa shape index (κ3) is 3.52. The molecule has 112 valence electrons. The highest BCUT2D eigenvalue weighted by atomic mass is 16.2. The smallest absolute Gasteiger partial charge is 0.240 e. The highest BCUT2D eigenvalue weighted by Gasteiger charge is 2.41. The lowest BCUT2D eigenvalue weighted by molar-refractivity contribution is -0.128. The van der Waals surface area contributed by atoms with E-state index in [1.807, 2.05) is 0 Å². The Labute approximate surface area is 122 Å². The zero-order valence-electron chi connectivity index (χ0n) is 12.8. The van der Waals surface area contributed by atoms with E-state index >= 15 is 0 Å². The van der Waals surface area contributed by atoms with Crippen molar-refractivity contribution >= 4 is 5.91 Å². The maximum absolute atomic E-state index is 12.4. The molecule has 1 aliphatic carbocycles. The molecule has 1 aliphatic heterocycles. The van der Waals surface area contributed by atoms with Crippen molar-refractivity contribution < 1.29 is 4.79 Å². The number of hydrogen-bond acceptors (Lipinski definition) is 3. The molecule has 2 unspecified atom stereocenters. The van der Waals surface area contributed by atoms with Crippen LogP contribution in [0.4, 0.5) is 0 Å². The predicted molar refractivity (Wildman–Crippen MR) is 79.0 cm³/mol. The molecule has 1 N–H and O–H groups in total. The van der Waals surface area contributed by atoms with Crippen molar-refractivity contribution in [3.8, 4) is 6.07 Å². The van der Waals surface area contributed by atoms with E-state index in [0.717, 1.165) is 51.2 Å². The molecule has 2 rings (SSSR count). The van der Waals surface area contributed by atoms with Gasteiger partial charge in [-0.1, -0.05) is 19.8 Å².